The molecule has 0 aliphatic carbocycles. The van der Waals surface area contributed by atoms with Crippen LogP contribution in [-0.2, 0) is 6.42 Å². The van der Waals surface area contributed by atoms with Crippen LogP contribution in [-0.4, -0.2) is 20.1 Å². The van der Waals surface area contributed by atoms with E-state index in [1.54, 1.807) is 0 Å². The molecule has 0 aromatic heterocycles. The number of hydrogen-bond donors (Lipinski definition) is 1. The maximum absolute atomic E-state index is 5.66. The summed E-state index contributed by atoms with van der Waals surface area (Å²) in [7, 11) is 2.19. The van der Waals surface area contributed by atoms with Crippen LogP contribution in [0.5, 0.6) is 0 Å². The quantitative estimate of drug-likeness (QED) is 0.817. The molecule has 1 heterocycles. The highest BCUT2D eigenvalue weighted by molar-refractivity contribution is 5.64. The van der Waals surface area contributed by atoms with Crippen LogP contribution < -0.4 is 10.6 Å². The fraction of sp³-hybridized carbons (Fsp3) is 0.538. The number of hydrogen-bond acceptors (Lipinski definition) is 2. The number of rotatable bonds is 3. The van der Waals surface area contributed by atoms with Crippen molar-refractivity contribution in [1.29, 1.82) is 0 Å². The Bertz CT molecular complexity index is 346. The Hall–Kier alpha value is -1.02. The molecule has 1 aliphatic rings. The maximum atomic E-state index is 5.66. The minimum atomic E-state index is 0.640. The van der Waals surface area contributed by atoms with Gasteiger partial charge in [-0.15, -0.1) is 0 Å². The van der Waals surface area contributed by atoms with Crippen molar-refractivity contribution in [3.05, 3.63) is 29.3 Å². The fourth-order valence-corrected chi connectivity index (χ4v) is 2.66. The topological polar surface area (TPSA) is 29.3 Å². The number of nitrogens with zero attached hydrogens (tertiary/aromatic N) is 1. The molecule has 15 heavy (non-hydrogen) atoms. The van der Waals surface area contributed by atoms with Gasteiger partial charge in [0.1, 0.15) is 0 Å². The summed E-state index contributed by atoms with van der Waals surface area (Å²) in [6, 6.07) is 6.68. The van der Waals surface area contributed by atoms with Gasteiger partial charge in [-0.05, 0) is 30.5 Å². The van der Waals surface area contributed by atoms with Gasteiger partial charge in [0.15, 0.2) is 0 Å². The molecular formula is C13H20N2. The second-order valence-corrected chi connectivity index (χ2v) is 4.36. The largest absolute Gasteiger partial charge is 0.374 e. The van der Waals surface area contributed by atoms with Gasteiger partial charge >= 0.3 is 0 Å². The zero-order chi connectivity index (χ0) is 10.8. The first kappa shape index (κ1) is 10.5. The van der Waals surface area contributed by atoms with Gasteiger partial charge in [-0.25, -0.2) is 0 Å². The van der Waals surface area contributed by atoms with Gasteiger partial charge in [0, 0.05) is 25.2 Å². The highest BCUT2D eigenvalue weighted by atomic mass is 15.1. The molecule has 82 valence electrons. The van der Waals surface area contributed by atoms with E-state index in [9.17, 15) is 0 Å². The molecule has 0 amide bonds. The lowest BCUT2D eigenvalue weighted by Crippen LogP contribution is -2.17. The minimum Gasteiger partial charge on any atom is -0.374 e. The number of fused-ring (bicyclic) bond motifs is 1. The molecule has 0 spiro atoms. The van der Waals surface area contributed by atoms with Gasteiger partial charge in [-0.1, -0.05) is 25.1 Å². The summed E-state index contributed by atoms with van der Waals surface area (Å²) in [5.74, 6) is 0.640. The Balaban J connectivity index is 2.39. The van der Waals surface area contributed by atoms with E-state index in [4.69, 9.17) is 5.73 Å². The van der Waals surface area contributed by atoms with E-state index in [2.05, 4.69) is 37.1 Å². The fourth-order valence-electron chi connectivity index (χ4n) is 2.66. The zero-order valence-corrected chi connectivity index (χ0v) is 9.66. The summed E-state index contributed by atoms with van der Waals surface area (Å²) in [6.45, 7) is 4.14. The van der Waals surface area contributed by atoms with E-state index < -0.39 is 0 Å². The molecular weight excluding hydrogens is 184 g/mol. The van der Waals surface area contributed by atoms with Gasteiger partial charge in [0.05, 0.1) is 0 Å². The maximum Gasteiger partial charge on any atom is 0.0432 e. The third-order valence-corrected chi connectivity index (χ3v) is 3.36. The summed E-state index contributed by atoms with van der Waals surface area (Å²) in [5.41, 5.74) is 10.1. The highest BCUT2D eigenvalue weighted by Gasteiger charge is 2.26. The van der Waals surface area contributed by atoms with Crippen molar-refractivity contribution < 1.29 is 0 Å². The Morgan fingerprint density at radius 1 is 1.47 bits per heavy atom. The van der Waals surface area contributed by atoms with Crippen LogP contribution in [0, 0.1) is 0 Å². The van der Waals surface area contributed by atoms with Crippen molar-refractivity contribution >= 4 is 5.69 Å². The van der Waals surface area contributed by atoms with Crippen LogP contribution in [0.2, 0.25) is 0 Å². The van der Waals surface area contributed by atoms with Gasteiger partial charge < -0.3 is 10.6 Å². The molecule has 1 aliphatic heterocycles. The predicted molar refractivity (Wildman–Crippen MR) is 65.5 cm³/mol. The smallest absolute Gasteiger partial charge is 0.0432 e. The molecule has 1 atom stereocenters. The van der Waals surface area contributed by atoms with Gasteiger partial charge in [0.25, 0.3) is 0 Å². The summed E-state index contributed by atoms with van der Waals surface area (Å²) in [6.07, 6.45) is 2.22. The van der Waals surface area contributed by atoms with Crippen molar-refractivity contribution in [2.75, 3.05) is 25.0 Å². The van der Waals surface area contributed by atoms with Crippen molar-refractivity contribution in [2.45, 2.75) is 25.7 Å². The van der Waals surface area contributed by atoms with E-state index in [1.165, 1.54) is 16.8 Å². The number of aryl methyl sites for hydroxylation is 1. The number of benzene rings is 1. The van der Waals surface area contributed by atoms with Crippen LogP contribution in [0.3, 0.4) is 0 Å². The Morgan fingerprint density at radius 2 is 2.27 bits per heavy atom. The van der Waals surface area contributed by atoms with Crippen LogP contribution in [0.1, 0.15) is 30.4 Å². The third-order valence-electron chi connectivity index (χ3n) is 3.36. The summed E-state index contributed by atoms with van der Waals surface area (Å²) < 4.78 is 0. The molecule has 0 fully saturated rings. The van der Waals surface area contributed by atoms with Crippen molar-refractivity contribution in [3.63, 3.8) is 0 Å². The molecule has 1 aromatic carbocycles. The van der Waals surface area contributed by atoms with Crippen molar-refractivity contribution in [2.24, 2.45) is 5.73 Å². The van der Waals surface area contributed by atoms with Gasteiger partial charge in [-0.3, -0.25) is 0 Å². The first-order valence-electron chi connectivity index (χ1n) is 5.81. The van der Waals surface area contributed by atoms with Crippen LogP contribution in [0.15, 0.2) is 18.2 Å². The highest BCUT2D eigenvalue weighted by Crippen LogP contribution is 2.39. The monoisotopic (exact) mass is 204 g/mol. The number of anilines is 1. The van der Waals surface area contributed by atoms with Gasteiger partial charge in [-0.2, -0.15) is 0 Å². The van der Waals surface area contributed by atoms with Crippen LogP contribution in [0.25, 0.3) is 0 Å². The Labute approximate surface area is 92.1 Å². The molecule has 0 saturated heterocycles. The Kier molecular flexibility index (Phi) is 2.96. The molecule has 2 nitrogen and oxygen atoms in total. The van der Waals surface area contributed by atoms with E-state index in [0.717, 1.165) is 25.9 Å². The summed E-state index contributed by atoms with van der Waals surface area (Å²) >= 11 is 0. The summed E-state index contributed by atoms with van der Waals surface area (Å²) in [5, 5.41) is 0. The molecule has 2 rings (SSSR count). The zero-order valence-electron chi connectivity index (χ0n) is 9.66. The molecule has 2 heteroatoms. The molecule has 0 radical (unpaired) electrons. The van der Waals surface area contributed by atoms with Gasteiger partial charge in [0.2, 0.25) is 0 Å². The van der Waals surface area contributed by atoms with E-state index in [-0.39, 0.29) is 0 Å². The van der Waals surface area contributed by atoms with E-state index in [0.29, 0.717) is 5.92 Å². The normalized spacial score (nSPS) is 19.4. The average Bonchev–Trinajstić information content (AvgIpc) is 2.57. The predicted octanol–water partition coefficient (Wildman–Crippen LogP) is 2.13. The average molecular weight is 204 g/mol. The minimum absolute atomic E-state index is 0.640. The lowest BCUT2D eigenvalue weighted by atomic mass is 9.96. The number of para-hydroxylation sites is 1. The van der Waals surface area contributed by atoms with E-state index >= 15 is 0 Å². The Morgan fingerprint density at radius 3 is 2.93 bits per heavy atom. The molecule has 0 saturated carbocycles. The SMILES string of the molecule is CCc1cccc2c1N(C)CC2CCN. The summed E-state index contributed by atoms with van der Waals surface area (Å²) in [4.78, 5) is 2.38. The second kappa shape index (κ2) is 4.23. The number of likely N-dealkylation sites (N-methyl/N-ethyl adjacent to an activating group) is 1. The molecule has 0 bridgehead atoms. The van der Waals surface area contributed by atoms with E-state index in [1.807, 2.05) is 0 Å². The molecule has 1 unspecified atom stereocenters. The lowest BCUT2D eigenvalue weighted by molar-refractivity contribution is 0.662. The second-order valence-electron chi connectivity index (χ2n) is 4.36. The van der Waals surface area contributed by atoms with Crippen LogP contribution in [0.4, 0.5) is 5.69 Å². The first-order valence-corrected chi connectivity index (χ1v) is 5.81. The molecule has 2 N–H and O–H groups in total. The first-order chi connectivity index (χ1) is 7.27. The standard InChI is InChI=1S/C13H20N2/c1-3-10-5-4-6-12-11(7-8-14)9-15(2)13(10)12/h4-6,11H,3,7-9,14H2,1-2H3. The van der Waals surface area contributed by atoms with Crippen molar-refractivity contribution in [1.82, 2.24) is 0 Å². The number of nitrogens with two attached hydrogens (primary N) is 1. The van der Waals surface area contributed by atoms with Crippen LogP contribution >= 0.6 is 0 Å². The van der Waals surface area contributed by atoms with Crippen molar-refractivity contribution in [3.8, 4) is 0 Å². The third kappa shape index (κ3) is 1.74. The molecule has 1 aromatic rings. The lowest BCUT2D eigenvalue weighted by Gasteiger charge is -2.15.